The van der Waals surface area contributed by atoms with Crippen LogP contribution in [-0.2, 0) is 4.74 Å². The number of alkyl carbamates (subject to hydrolysis) is 1. The summed E-state index contributed by atoms with van der Waals surface area (Å²) in [6, 6.07) is 3.03. The molecule has 4 nitrogen and oxygen atoms in total. The first-order valence-corrected chi connectivity index (χ1v) is 6.83. The molecule has 0 spiro atoms. The first kappa shape index (κ1) is 15.5. The van der Waals surface area contributed by atoms with Gasteiger partial charge in [0.15, 0.2) is 0 Å². The van der Waals surface area contributed by atoms with Gasteiger partial charge in [-0.15, -0.1) is 0 Å². The fourth-order valence-corrected chi connectivity index (χ4v) is 2.04. The molecule has 6 heteroatoms. The molecule has 1 saturated carbocycles. The third kappa shape index (κ3) is 4.88. The van der Waals surface area contributed by atoms with Gasteiger partial charge in [0.05, 0.1) is 0 Å². The fraction of sp³-hybridized carbons (Fsp3) is 0.533. The molecule has 0 atom stereocenters. The van der Waals surface area contributed by atoms with Gasteiger partial charge in [-0.05, 0) is 20.8 Å². The average Bonchev–Trinajstić information content (AvgIpc) is 2.21. The normalized spacial score (nSPS) is 21.4. The van der Waals surface area contributed by atoms with Gasteiger partial charge in [0.25, 0.3) is 0 Å². The Morgan fingerprint density at radius 2 is 1.76 bits per heavy atom. The van der Waals surface area contributed by atoms with Crippen LogP contribution in [0.3, 0.4) is 0 Å². The molecule has 1 aliphatic carbocycles. The van der Waals surface area contributed by atoms with Crippen LogP contribution in [0.1, 0.15) is 33.6 Å². The molecule has 0 heterocycles. The van der Waals surface area contributed by atoms with E-state index in [-0.39, 0.29) is 17.9 Å². The van der Waals surface area contributed by atoms with E-state index in [1.807, 2.05) is 0 Å². The van der Waals surface area contributed by atoms with E-state index in [0.717, 1.165) is 18.2 Å². The predicted octanol–water partition coefficient (Wildman–Crippen LogP) is 3.40. The first-order chi connectivity index (χ1) is 9.71. The number of hydrogen-bond donors (Lipinski definition) is 1. The van der Waals surface area contributed by atoms with Gasteiger partial charge in [-0.1, -0.05) is 0 Å². The van der Waals surface area contributed by atoms with Crippen LogP contribution < -0.4 is 10.1 Å². The molecular formula is C15H19F2NO3. The largest absolute Gasteiger partial charge is 0.490 e. The van der Waals surface area contributed by atoms with Gasteiger partial charge in [-0.3, -0.25) is 0 Å². The van der Waals surface area contributed by atoms with Crippen molar-refractivity contribution >= 4 is 6.09 Å². The summed E-state index contributed by atoms with van der Waals surface area (Å²) >= 11 is 0. The summed E-state index contributed by atoms with van der Waals surface area (Å²) in [5.74, 6) is -1.19. The monoisotopic (exact) mass is 299 g/mol. The number of hydrogen-bond acceptors (Lipinski definition) is 3. The minimum absolute atomic E-state index is 0.0387. The van der Waals surface area contributed by atoms with Gasteiger partial charge in [-0.25, -0.2) is 13.6 Å². The number of halogens is 2. The first-order valence-electron chi connectivity index (χ1n) is 6.83. The third-order valence-electron chi connectivity index (χ3n) is 2.95. The van der Waals surface area contributed by atoms with Gasteiger partial charge in [0, 0.05) is 37.1 Å². The number of nitrogens with one attached hydrogen (secondary N) is 1. The van der Waals surface area contributed by atoms with Crippen LogP contribution >= 0.6 is 0 Å². The second-order valence-electron chi connectivity index (χ2n) is 6.16. The van der Waals surface area contributed by atoms with E-state index in [1.165, 1.54) is 0 Å². The number of ether oxygens (including phenoxy) is 2. The van der Waals surface area contributed by atoms with Crippen molar-refractivity contribution in [1.29, 1.82) is 0 Å². The van der Waals surface area contributed by atoms with E-state index in [0.29, 0.717) is 12.8 Å². The third-order valence-corrected chi connectivity index (χ3v) is 2.95. The highest BCUT2D eigenvalue weighted by molar-refractivity contribution is 5.68. The molecule has 0 aromatic heterocycles. The summed E-state index contributed by atoms with van der Waals surface area (Å²) in [4.78, 5) is 11.5. The quantitative estimate of drug-likeness (QED) is 0.930. The molecular weight excluding hydrogens is 280 g/mol. The molecule has 1 N–H and O–H groups in total. The highest BCUT2D eigenvalue weighted by Gasteiger charge is 2.33. The Kier molecular flexibility index (Phi) is 4.34. The molecule has 0 radical (unpaired) electrons. The van der Waals surface area contributed by atoms with Crippen molar-refractivity contribution in [2.24, 2.45) is 0 Å². The Morgan fingerprint density at radius 3 is 2.29 bits per heavy atom. The van der Waals surface area contributed by atoms with Crippen LogP contribution in [0.25, 0.3) is 0 Å². The zero-order valence-electron chi connectivity index (χ0n) is 12.3. The van der Waals surface area contributed by atoms with E-state index in [2.05, 4.69) is 5.32 Å². The molecule has 0 aliphatic heterocycles. The second-order valence-corrected chi connectivity index (χ2v) is 6.16. The lowest BCUT2D eigenvalue weighted by Crippen LogP contribution is -2.50. The summed E-state index contributed by atoms with van der Waals surface area (Å²) in [7, 11) is 0. The van der Waals surface area contributed by atoms with Crippen molar-refractivity contribution in [1.82, 2.24) is 5.32 Å². The molecule has 2 rings (SSSR count). The van der Waals surface area contributed by atoms with Crippen LogP contribution in [0.2, 0.25) is 0 Å². The van der Waals surface area contributed by atoms with E-state index in [9.17, 15) is 13.6 Å². The van der Waals surface area contributed by atoms with Crippen LogP contribution in [-0.4, -0.2) is 23.8 Å². The average molecular weight is 299 g/mol. The number of carbonyl (C=O) groups excluding carboxylic acids is 1. The summed E-state index contributed by atoms with van der Waals surface area (Å²) in [6.45, 7) is 5.37. The zero-order valence-corrected chi connectivity index (χ0v) is 12.3. The van der Waals surface area contributed by atoms with E-state index < -0.39 is 23.3 Å². The van der Waals surface area contributed by atoms with Crippen molar-refractivity contribution in [3.05, 3.63) is 29.8 Å². The van der Waals surface area contributed by atoms with Gasteiger partial charge < -0.3 is 14.8 Å². The van der Waals surface area contributed by atoms with Crippen molar-refractivity contribution in [2.45, 2.75) is 51.4 Å². The van der Waals surface area contributed by atoms with Crippen molar-refractivity contribution in [3.8, 4) is 5.75 Å². The summed E-state index contributed by atoms with van der Waals surface area (Å²) < 4.78 is 36.6. The van der Waals surface area contributed by atoms with Crippen LogP contribution in [0, 0.1) is 11.6 Å². The fourth-order valence-electron chi connectivity index (χ4n) is 2.04. The van der Waals surface area contributed by atoms with E-state index in [1.54, 1.807) is 20.8 Å². The van der Waals surface area contributed by atoms with Crippen molar-refractivity contribution in [3.63, 3.8) is 0 Å². The predicted molar refractivity (Wildman–Crippen MR) is 73.2 cm³/mol. The maximum atomic E-state index is 13.0. The maximum absolute atomic E-state index is 13.0. The summed E-state index contributed by atoms with van der Waals surface area (Å²) in [6.07, 6.45) is 0.531. The lowest BCUT2D eigenvalue weighted by Gasteiger charge is -2.36. The standard InChI is InChI=1S/C15H19F2NO3/c1-15(2,3)21-14(19)18-11-7-13(8-11)20-12-5-9(16)4-10(17)6-12/h4-6,11,13H,7-8H2,1-3H3,(H,18,19)/t11-,13-. The van der Waals surface area contributed by atoms with Gasteiger partial charge in [0.1, 0.15) is 29.1 Å². The highest BCUT2D eigenvalue weighted by Crippen LogP contribution is 2.27. The van der Waals surface area contributed by atoms with E-state index >= 15 is 0 Å². The minimum atomic E-state index is -0.673. The number of benzene rings is 1. The number of amides is 1. The Bertz CT molecular complexity index is 502. The minimum Gasteiger partial charge on any atom is -0.490 e. The van der Waals surface area contributed by atoms with Crippen molar-refractivity contribution in [2.75, 3.05) is 0 Å². The smallest absolute Gasteiger partial charge is 0.407 e. The molecule has 1 aromatic rings. The van der Waals surface area contributed by atoms with Gasteiger partial charge >= 0.3 is 6.09 Å². The SMILES string of the molecule is CC(C)(C)OC(=O)N[C@H]1C[C@H](Oc2cc(F)cc(F)c2)C1. The van der Waals surface area contributed by atoms with E-state index in [4.69, 9.17) is 9.47 Å². The Labute approximate surface area is 122 Å². The highest BCUT2D eigenvalue weighted by atomic mass is 19.1. The molecule has 0 saturated heterocycles. The molecule has 0 unspecified atom stereocenters. The molecule has 1 aliphatic rings. The molecule has 1 aromatic carbocycles. The Morgan fingerprint density at radius 1 is 1.19 bits per heavy atom. The van der Waals surface area contributed by atoms with Crippen LogP contribution in [0.4, 0.5) is 13.6 Å². The molecule has 0 bridgehead atoms. The molecule has 116 valence electrons. The van der Waals surface area contributed by atoms with Crippen molar-refractivity contribution < 1.29 is 23.0 Å². The second kappa shape index (κ2) is 5.87. The lowest BCUT2D eigenvalue weighted by atomic mass is 9.89. The van der Waals surface area contributed by atoms with Gasteiger partial charge in [-0.2, -0.15) is 0 Å². The lowest BCUT2D eigenvalue weighted by molar-refractivity contribution is 0.0362. The molecule has 21 heavy (non-hydrogen) atoms. The number of carbonyl (C=O) groups is 1. The summed E-state index contributed by atoms with van der Waals surface area (Å²) in [5.41, 5.74) is -0.539. The zero-order chi connectivity index (χ0) is 15.6. The maximum Gasteiger partial charge on any atom is 0.407 e. The Balaban J connectivity index is 1.75. The van der Waals surface area contributed by atoms with Gasteiger partial charge in [0.2, 0.25) is 0 Å². The topological polar surface area (TPSA) is 47.6 Å². The summed E-state index contributed by atoms with van der Waals surface area (Å²) in [5, 5.41) is 2.72. The van der Waals surface area contributed by atoms with Crippen LogP contribution in [0.15, 0.2) is 18.2 Å². The van der Waals surface area contributed by atoms with Crippen LogP contribution in [0.5, 0.6) is 5.75 Å². The number of rotatable bonds is 3. The Hall–Kier alpha value is -1.85. The molecule has 1 amide bonds. The molecule has 1 fully saturated rings.